The lowest BCUT2D eigenvalue weighted by atomic mass is 10.2. The van der Waals surface area contributed by atoms with E-state index in [-0.39, 0.29) is 11.7 Å². The van der Waals surface area contributed by atoms with Gasteiger partial charge in [0.2, 0.25) is 5.76 Å². The van der Waals surface area contributed by atoms with E-state index in [4.69, 9.17) is 21.1 Å². The maximum atomic E-state index is 11.9. The van der Waals surface area contributed by atoms with Crippen molar-refractivity contribution < 1.29 is 14.3 Å². The van der Waals surface area contributed by atoms with Gasteiger partial charge in [-0.2, -0.15) is 0 Å². The maximum Gasteiger partial charge on any atom is 0.294 e. The molecule has 1 aromatic rings. The van der Waals surface area contributed by atoms with Crippen LogP contribution in [-0.4, -0.2) is 19.1 Å². The Morgan fingerprint density at radius 3 is 2.89 bits per heavy atom. The smallest absolute Gasteiger partial charge is 0.294 e. The highest BCUT2D eigenvalue weighted by Gasteiger charge is 2.16. The van der Waals surface area contributed by atoms with Gasteiger partial charge in [-0.15, -0.1) is 0 Å². The van der Waals surface area contributed by atoms with Gasteiger partial charge in [-0.05, 0) is 40.5 Å². The molecule has 2 rings (SSSR count). The zero-order chi connectivity index (χ0) is 13.1. The van der Waals surface area contributed by atoms with Crippen molar-refractivity contribution in [1.29, 1.82) is 0 Å². The average Bonchev–Trinajstić information content (AvgIpc) is 2.37. The van der Waals surface area contributed by atoms with Crippen LogP contribution in [0.1, 0.15) is 5.56 Å². The van der Waals surface area contributed by atoms with Crippen LogP contribution in [0.25, 0.3) is 0 Å². The Morgan fingerprint density at radius 1 is 1.44 bits per heavy atom. The molecule has 0 unspecified atom stereocenters. The van der Waals surface area contributed by atoms with Crippen molar-refractivity contribution in [2.24, 2.45) is 0 Å². The topological polar surface area (TPSA) is 47.6 Å². The van der Waals surface area contributed by atoms with Crippen LogP contribution in [0.15, 0.2) is 28.6 Å². The molecule has 0 saturated carbocycles. The number of nitrogens with one attached hydrogen (secondary N) is 1. The van der Waals surface area contributed by atoms with Crippen LogP contribution in [0, 0.1) is 6.92 Å². The van der Waals surface area contributed by atoms with Gasteiger partial charge in [-0.3, -0.25) is 4.79 Å². The van der Waals surface area contributed by atoms with E-state index in [9.17, 15) is 4.79 Å². The van der Waals surface area contributed by atoms with E-state index in [1.165, 1.54) is 6.26 Å². The first-order valence-corrected chi connectivity index (χ1v) is 6.46. The second-order valence-corrected chi connectivity index (χ2v) is 5.00. The van der Waals surface area contributed by atoms with Crippen LogP contribution >= 0.6 is 27.5 Å². The molecule has 0 radical (unpaired) electrons. The summed E-state index contributed by atoms with van der Waals surface area (Å²) in [6, 6.07) is 3.52. The first-order chi connectivity index (χ1) is 8.58. The molecule has 1 aliphatic rings. The number of carbonyl (C=O) groups excluding carboxylic acids is 1. The summed E-state index contributed by atoms with van der Waals surface area (Å²) in [7, 11) is 0. The van der Waals surface area contributed by atoms with E-state index in [1.54, 1.807) is 6.07 Å². The lowest BCUT2D eigenvalue weighted by molar-refractivity contribution is -0.117. The van der Waals surface area contributed by atoms with Crippen molar-refractivity contribution >= 4 is 39.1 Å². The van der Waals surface area contributed by atoms with Crippen LogP contribution in [0.4, 0.5) is 5.69 Å². The van der Waals surface area contributed by atoms with Crippen LogP contribution in [0.5, 0.6) is 0 Å². The average molecular weight is 333 g/mol. The van der Waals surface area contributed by atoms with E-state index in [1.807, 2.05) is 13.0 Å². The van der Waals surface area contributed by atoms with Crippen LogP contribution in [0.3, 0.4) is 0 Å². The summed E-state index contributed by atoms with van der Waals surface area (Å²) in [6.07, 6.45) is 1.31. The Kier molecular flexibility index (Phi) is 4.14. The molecule has 1 aliphatic heterocycles. The second-order valence-electron chi connectivity index (χ2n) is 3.74. The lowest BCUT2D eigenvalue weighted by Gasteiger charge is -2.16. The van der Waals surface area contributed by atoms with Gasteiger partial charge in [0.1, 0.15) is 19.5 Å². The first-order valence-electron chi connectivity index (χ1n) is 5.29. The molecule has 1 N–H and O–H groups in total. The van der Waals surface area contributed by atoms with E-state index in [2.05, 4.69) is 21.2 Å². The number of aryl methyl sites for hydroxylation is 1. The minimum absolute atomic E-state index is 0.157. The predicted molar refractivity (Wildman–Crippen MR) is 72.5 cm³/mol. The molecule has 1 amide bonds. The molecule has 0 spiro atoms. The third kappa shape index (κ3) is 2.97. The Balaban J connectivity index is 2.16. The van der Waals surface area contributed by atoms with Crippen LogP contribution < -0.4 is 5.32 Å². The zero-order valence-electron chi connectivity index (χ0n) is 9.63. The first kappa shape index (κ1) is 13.2. The van der Waals surface area contributed by atoms with Crippen molar-refractivity contribution in [2.75, 3.05) is 18.5 Å². The fourth-order valence-electron chi connectivity index (χ4n) is 1.41. The molecule has 0 atom stereocenters. The van der Waals surface area contributed by atoms with Crippen LogP contribution in [0.2, 0.25) is 5.02 Å². The largest absolute Gasteiger partial charge is 0.494 e. The Morgan fingerprint density at radius 2 is 2.22 bits per heavy atom. The van der Waals surface area contributed by atoms with Crippen molar-refractivity contribution in [2.45, 2.75) is 6.92 Å². The monoisotopic (exact) mass is 331 g/mol. The SMILES string of the molecule is Cc1cc(Br)c(NC(=O)C2=COCCO2)cc1Cl. The fraction of sp³-hybridized carbons (Fsp3) is 0.250. The summed E-state index contributed by atoms with van der Waals surface area (Å²) >= 11 is 9.38. The summed E-state index contributed by atoms with van der Waals surface area (Å²) in [5.41, 5.74) is 1.52. The highest BCUT2D eigenvalue weighted by molar-refractivity contribution is 9.10. The summed E-state index contributed by atoms with van der Waals surface area (Å²) in [5.74, 6) is -0.208. The van der Waals surface area contributed by atoms with Gasteiger partial charge >= 0.3 is 0 Å². The van der Waals surface area contributed by atoms with Gasteiger partial charge in [-0.25, -0.2) is 0 Å². The molecule has 1 aromatic carbocycles. The van der Waals surface area contributed by atoms with Crippen LogP contribution in [-0.2, 0) is 14.3 Å². The second kappa shape index (κ2) is 5.63. The molecular weight excluding hydrogens is 321 g/mol. The van der Waals surface area contributed by atoms with Gasteiger partial charge in [0.15, 0.2) is 0 Å². The van der Waals surface area contributed by atoms with Gasteiger partial charge in [-0.1, -0.05) is 11.6 Å². The normalized spacial score (nSPS) is 14.3. The van der Waals surface area contributed by atoms with Crippen molar-refractivity contribution in [3.8, 4) is 0 Å². The number of carbonyl (C=O) groups is 1. The lowest BCUT2D eigenvalue weighted by Crippen LogP contribution is -2.21. The van der Waals surface area contributed by atoms with E-state index in [0.29, 0.717) is 23.9 Å². The van der Waals surface area contributed by atoms with Gasteiger partial charge in [0, 0.05) is 9.50 Å². The summed E-state index contributed by atoms with van der Waals surface area (Å²) in [6.45, 7) is 2.71. The highest BCUT2D eigenvalue weighted by Crippen LogP contribution is 2.29. The van der Waals surface area contributed by atoms with Crippen molar-refractivity contribution in [3.63, 3.8) is 0 Å². The quantitative estimate of drug-likeness (QED) is 0.904. The van der Waals surface area contributed by atoms with Crippen molar-refractivity contribution in [3.05, 3.63) is 39.2 Å². The third-order valence-corrected chi connectivity index (χ3v) is 3.43. The molecule has 96 valence electrons. The van der Waals surface area contributed by atoms with Gasteiger partial charge < -0.3 is 14.8 Å². The molecular formula is C12H11BrClNO3. The molecule has 0 saturated heterocycles. The predicted octanol–water partition coefficient (Wildman–Crippen LogP) is 3.24. The van der Waals surface area contributed by atoms with Gasteiger partial charge in [0.25, 0.3) is 5.91 Å². The summed E-state index contributed by atoms with van der Waals surface area (Å²) in [4.78, 5) is 11.9. The Bertz CT molecular complexity index is 516. The highest BCUT2D eigenvalue weighted by atomic mass is 79.9. The van der Waals surface area contributed by atoms with Crippen molar-refractivity contribution in [1.82, 2.24) is 0 Å². The minimum Gasteiger partial charge on any atom is -0.494 e. The number of anilines is 1. The Hall–Kier alpha value is -1.20. The number of benzene rings is 1. The number of rotatable bonds is 2. The number of hydrogen-bond donors (Lipinski definition) is 1. The fourth-order valence-corrected chi connectivity index (χ4v) is 2.13. The summed E-state index contributed by atoms with van der Waals surface area (Å²) < 4.78 is 11.0. The summed E-state index contributed by atoms with van der Waals surface area (Å²) in [5, 5.41) is 3.29. The van der Waals surface area contributed by atoms with E-state index < -0.39 is 0 Å². The van der Waals surface area contributed by atoms with Gasteiger partial charge in [0.05, 0.1) is 5.69 Å². The molecule has 6 heteroatoms. The molecule has 0 fully saturated rings. The molecule has 0 aliphatic carbocycles. The third-order valence-electron chi connectivity index (χ3n) is 2.37. The standard InChI is InChI=1S/C12H11BrClNO3/c1-7-4-8(13)10(5-9(7)14)15-12(16)11-6-17-2-3-18-11/h4-6H,2-3H2,1H3,(H,15,16). The molecule has 18 heavy (non-hydrogen) atoms. The number of halogens is 2. The number of amides is 1. The molecule has 4 nitrogen and oxygen atoms in total. The minimum atomic E-state index is -0.365. The maximum absolute atomic E-state index is 11.9. The van der Waals surface area contributed by atoms with E-state index >= 15 is 0 Å². The number of ether oxygens (including phenoxy) is 2. The molecule has 0 bridgehead atoms. The Labute approximate surface area is 118 Å². The zero-order valence-corrected chi connectivity index (χ0v) is 12.0. The van der Waals surface area contributed by atoms with E-state index in [0.717, 1.165) is 10.0 Å². The molecule has 1 heterocycles. The number of hydrogen-bond acceptors (Lipinski definition) is 3. The molecule has 0 aromatic heterocycles.